The van der Waals surface area contributed by atoms with E-state index in [0.717, 1.165) is 18.2 Å². The number of allylic oxidation sites excluding steroid dienone is 2. The van der Waals surface area contributed by atoms with Gasteiger partial charge in [0.25, 0.3) is 0 Å². The highest BCUT2D eigenvalue weighted by Gasteiger charge is 1.89. The first-order valence-corrected chi connectivity index (χ1v) is 4.77. The first-order chi connectivity index (χ1) is 5.43. The van der Waals surface area contributed by atoms with Crippen LogP contribution in [0.5, 0.6) is 0 Å². The van der Waals surface area contributed by atoms with Crippen LogP contribution in [-0.4, -0.2) is 5.33 Å². The van der Waals surface area contributed by atoms with Crippen LogP contribution in [0.1, 0.15) is 12.0 Å². The van der Waals surface area contributed by atoms with Crippen molar-refractivity contribution in [1.82, 2.24) is 0 Å². The van der Waals surface area contributed by atoms with Gasteiger partial charge in [-0.25, -0.2) is 0 Å². The third-order valence-electron chi connectivity index (χ3n) is 1.44. The summed E-state index contributed by atoms with van der Waals surface area (Å²) >= 11 is 3.32. The normalized spacial score (nSPS) is 11.0. The van der Waals surface area contributed by atoms with E-state index in [9.17, 15) is 0 Å². The van der Waals surface area contributed by atoms with Gasteiger partial charge in [0, 0.05) is 5.33 Å². The van der Waals surface area contributed by atoms with Crippen molar-refractivity contribution in [3.05, 3.63) is 36.3 Å². The largest absolute Gasteiger partial charge is 0.472 e. The Morgan fingerprint density at radius 2 is 2.36 bits per heavy atom. The second kappa shape index (κ2) is 5.19. The second-order valence-electron chi connectivity index (χ2n) is 2.30. The van der Waals surface area contributed by atoms with Gasteiger partial charge in [-0.05, 0) is 24.5 Å². The summed E-state index contributed by atoms with van der Waals surface area (Å²) in [5, 5.41) is 0.943. The average Bonchev–Trinajstić information content (AvgIpc) is 2.50. The number of rotatable bonds is 4. The molecule has 1 aromatic heterocycles. The van der Waals surface area contributed by atoms with Crippen LogP contribution in [-0.2, 0) is 6.42 Å². The Labute approximate surface area is 75.2 Å². The summed E-state index contributed by atoms with van der Waals surface area (Å²) in [4.78, 5) is 0. The van der Waals surface area contributed by atoms with Gasteiger partial charge in [0.2, 0.25) is 0 Å². The van der Waals surface area contributed by atoms with Crippen molar-refractivity contribution < 1.29 is 4.42 Å². The molecule has 0 fully saturated rings. The quantitative estimate of drug-likeness (QED) is 0.555. The lowest BCUT2D eigenvalue weighted by Crippen LogP contribution is -1.77. The van der Waals surface area contributed by atoms with Gasteiger partial charge in [-0.15, -0.1) is 0 Å². The third kappa shape index (κ3) is 3.42. The third-order valence-corrected chi connectivity index (χ3v) is 1.81. The smallest absolute Gasteiger partial charge is 0.0934 e. The highest BCUT2D eigenvalue weighted by molar-refractivity contribution is 9.09. The lowest BCUT2D eigenvalue weighted by atomic mass is 10.2. The maximum absolute atomic E-state index is 4.94. The van der Waals surface area contributed by atoms with Crippen LogP contribution in [0, 0.1) is 0 Å². The molecule has 0 aliphatic carbocycles. The lowest BCUT2D eigenvalue weighted by molar-refractivity contribution is 0.564. The molecule has 0 atom stereocenters. The van der Waals surface area contributed by atoms with E-state index in [0.29, 0.717) is 0 Å². The number of hydrogen-bond acceptors (Lipinski definition) is 1. The Kier molecular flexibility index (Phi) is 4.06. The summed E-state index contributed by atoms with van der Waals surface area (Å²) in [6.07, 6.45) is 9.94. The molecule has 0 aromatic carbocycles. The summed E-state index contributed by atoms with van der Waals surface area (Å²) < 4.78 is 4.94. The van der Waals surface area contributed by atoms with Gasteiger partial charge in [0.1, 0.15) is 0 Å². The summed E-state index contributed by atoms with van der Waals surface area (Å²) in [6, 6.07) is 2.00. The molecule has 0 radical (unpaired) electrons. The predicted molar refractivity (Wildman–Crippen MR) is 50.0 cm³/mol. The summed E-state index contributed by atoms with van der Waals surface area (Å²) in [7, 11) is 0. The van der Waals surface area contributed by atoms with E-state index in [1.54, 1.807) is 12.5 Å². The van der Waals surface area contributed by atoms with Gasteiger partial charge in [-0.2, -0.15) is 0 Å². The average molecular weight is 215 g/mol. The van der Waals surface area contributed by atoms with Crippen LogP contribution in [0.15, 0.2) is 35.2 Å². The fourth-order valence-electron chi connectivity index (χ4n) is 0.866. The van der Waals surface area contributed by atoms with Crippen molar-refractivity contribution >= 4 is 15.9 Å². The number of furan rings is 1. The lowest BCUT2D eigenvalue weighted by Gasteiger charge is -1.88. The highest BCUT2D eigenvalue weighted by Crippen LogP contribution is 2.03. The van der Waals surface area contributed by atoms with Crippen molar-refractivity contribution in [2.45, 2.75) is 12.8 Å². The van der Waals surface area contributed by atoms with Crippen LogP contribution in [0.4, 0.5) is 0 Å². The summed E-state index contributed by atoms with van der Waals surface area (Å²) in [6.45, 7) is 0. The van der Waals surface area contributed by atoms with Gasteiger partial charge in [-0.3, -0.25) is 0 Å². The minimum atomic E-state index is 0.943. The first-order valence-electron chi connectivity index (χ1n) is 3.65. The summed E-state index contributed by atoms with van der Waals surface area (Å²) in [5.41, 5.74) is 1.27. The van der Waals surface area contributed by atoms with E-state index in [1.165, 1.54) is 5.56 Å². The Balaban J connectivity index is 2.19. The minimum Gasteiger partial charge on any atom is -0.472 e. The van der Waals surface area contributed by atoms with E-state index >= 15 is 0 Å². The van der Waals surface area contributed by atoms with Crippen molar-refractivity contribution in [3.8, 4) is 0 Å². The van der Waals surface area contributed by atoms with E-state index < -0.39 is 0 Å². The van der Waals surface area contributed by atoms with Crippen LogP contribution in [0.25, 0.3) is 0 Å². The molecular formula is C9H11BrO. The SMILES string of the molecule is BrC/C=C/CCc1ccoc1. The van der Waals surface area contributed by atoms with Crippen LogP contribution in [0.3, 0.4) is 0 Å². The molecule has 0 aliphatic heterocycles. The number of hydrogen-bond donors (Lipinski definition) is 0. The second-order valence-corrected chi connectivity index (χ2v) is 2.94. The molecule has 0 aliphatic rings. The van der Waals surface area contributed by atoms with E-state index in [1.807, 2.05) is 6.07 Å². The van der Waals surface area contributed by atoms with Crippen LogP contribution < -0.4 is 0 Å². The number of aryl methyl sites for hydroxylation is 1. The molecule has 0 spiro atoms. The Morgan fingerprint density at radius 3 is 3.00 bits per heavy atom. The number of alkyl halides is 1. The van der Waals surface area contributed by atoms with Gasteiger partial charge in [-0.1, -0.05) is 28.1 Å². The van der Waals surface area contributed by atoms with Crippen molar-refractivity contribution in [1.29, 1.82) is 0 Å². The molecule has 0 amide bonds. The Hall–Kier alpha value is -0.500. The van der Waals surface area contributed by atoms with Gasteiger partial charge in [0.15, 0.2) is 0 Å². The molecule has 0 N–H and O–H groups in total. The Morgan fingerprint density at radius 1 is 1.45 bits per heavy atom. The fourth-order valence-corrected chi connectivity index (χ4v) is 1.13. The summed E-state index contributed by atoms with van der Waals surface area (Å²) in [5.74, 6) is 0. The molecule has 1 nitrogen and oxygen atoms in total. The predicted octanol–water partition coefficient (Wildman–Crippen LogP) is 3.16. The van der Waals surface area contributed by atoms with Crippen molar-refractivity contribution in [2.24, 2.45) is 0 Å². The van der Waals surface area contributed by atoms with Crippen LogP contribution >= 0.6 is 15.9 Å². The zero-order chi connectivity index (χ0) is 7.94. The molecule has 11 heavy (non-hydrogen) atoms. The zero-order valence-corrected chi connectivity index (χ0v) is 7.88. The maximum atomic E-state index is 4.94. The molecule has 1 rings (SSSR count). The molecule has 60 valence electrons. The molecule has 0 unspecified atom stereocenters. The van der Waals surface area contributed by atoms with E-state index in [4.69, 9.17) is 4.42 Å². The van der Waals surface area contributed by atoms with Crippen molar-refractivity contribution in [3.63, 3.8) is 0 Å². The number of halogens is 1. The van der Waals surface area contributed by atoms with Gasteiger partial charge < -0.3 is 4.42 Å². The maximum Gasteiger partial charge on any atom is 0.0934 e. The van der Waals surface area contributed by atoms with Crippen LogP contribution in [0.2, 0.25) is 0 Å². The molecule has 0 saturated heterocycles. The van der Waals surface area contributed by atoms with E-state index in [-0.39, 0.29) is 0 Å². The van der Waals surface area contributed by atoms with Gasteiger partial charge >= 0.3 is 0 Å². The molecular weight excluding hydrogens is 204 g/mol. The first kappa shape index (κ1) is 8.60. The Bertz CT molecular complexity index is 201. The standard InChI is InChI=1S/C9H11BrO/c10-6-3-1-2-4-9-5-7-11-8-9/h1,3,5,7-8H,2,4,6H2/b3-1+. The monoisotopic (exact) mass is 214 g/mol. The zero-order valence-electron chi connectivity index (χ0n) is 6.29. The molecule has 1 aromatic rings. The van der Waals surface area contributed by atoms with Gasteiger partial charge in [0.05, 0.1) is 12.5 Å². The molecule has 2 heteroatoms. The minimum absolute atomic E-state index is 0.943. The highest BCUT2D eigenvalue weighted by atomic mass is 79.9. The molecule has 1 heterocycles. The molecule has 0 saturated carbocycles. The fraction of sp³-hybridized carbons (Fsp3) is 0.333. The molecule has 0 bridgehead atoms. The topological polar surface area (TPSA) is 13.1 Å². The van der Waals surface area contributed by atoms with E-state index in [2.05, 4.69) is 28.1 Å². The van der Waals surface area contributed by atoms with Crippen molar-refractivity contribution in [2.75, 3.05) is 5.33 Å².